The smallest absolute Gasteiger partial charge is 0.266 e. The zero-order valence-electron chi connectivity index (χ0n) is 20.8. The van der Waals surface area contributed by atoms with Gasteiger partial charge in [-0.15, -0.1) is 0 Å². The maximum Gasteiger partial charge on any atom is 0.266 e. The van der Waals surface area contributed by atoms with Crippen molar-refractivity contribution >= 4 is 17.6 Å². The third-order valence-electron chi connectivity index (χ3n) is 7.61. The molecule has 2 N–H and O–H groups in total. The molecule has 0 aromatic heterocycles. The van der Waals surface area contributed by atoms with Gasteiger partial charge in [-0.3, -0.25) is 14.5 Å². The van der Waals surface area contributed by atoms with E-state index in [-0.39, 0.29) is 30.1 Å². The minimum atomic E-state index is -1.23. The van der Waals surface area contributed by atoms with E-state index in [1.54, 1.807) is 0 Å². The lowest BCUT2D eigenvalue weighted by molar-refractivity contribution is -0.130. The number of benzene rings is 3. The normalized spacial score (nSPS) is 21.6. The van der Waals surface area contributed by atoms with Crippen LogP contribution in [0.15, 0.2) is 89.9 Å². The first-order chi connectivity index (χ1) is 17.5. The molecule has 1 heterocycles. The van der Waals surface area contributed by atoms with E-state index in [1.807, 2.05) is 84.9 Å². The predicted octanol–water partition coefficient (Wildman–Crippen LogP) is 5.69. The second-order valence-corrected chi connectivity index (χ2v) is 10.2. The molecule has 2 atom stereocenters. The Hall–Kier alpha value is -3.73. The van der Waals surface area contributed by atoms with Gasteiger partial charge in [-0.05, 0) is 41.5 Å². The van der Waals surface area contributed by atoms with E-state index >= 15 is 0 Å². The fourth-order valence-electron chi connectivity index (χ4n) is 5.72. The Bertz CT molecular complexity index is 1230. The summed E-state index contributed by atoms with van der Waals surface area (Å²) >= 11 is 0. The first kappa shape index (κ1) is 24.0. The molecular weight excluding hydrogens is 446 g/mol. The highest BCUT2D eigenvalue weighted by Gasteiger charge is 2.50. The van der Waals surface area contributed by atoms with Gasteiger partial charge in [0.1, 0.15) is 0 Å². The van der Waals surface area contributed by atoms with Gasteiger partial charge in [0.25, 0.3) is 5.91 Å². The molecule has 1 fully saturated rings. The number of ketones is 1. The molecular formula is C31H33N3O2. The van der Waals surface area contributed by atoms with Gasteiger partial charge in [-0.25, -0.2) is 4.99 Å². The monoisotopic (exact) mass is 479 g/mol. The molecule has 184 valence electrons. The number of rotatable bonds is 6. The van der Waals surface area contributed by atoms with Gasteiger partial charge in [0, 0.05) is 11.5 Å². The number of hydrogen-bond acceptors (Lipinski definition) is 4. The lowest BCUT2D eigenvalue weighted by Gasteiger charge is -2.27. The first-order valence-corrected chi connectivity index (χ1v) is 12.9. The van der Waals surface area contributed by atoms with Crippen molar-refractivity contribution in [3.05, 3.63) is 107 Å². The quantitative estimate of drug-likeness (QED) is 0.365. The van der Waals surface area contributed by atoms with Crippen molar-refractivity contribution in [1.29, 1.82) is 0 Å². The molecule has 2 aliphatic rings. The van der Waals surface area contributed by atoms with Crippen LogP contribution in [0.5, 0.6) is 0 Å². The Balaban J connectivity index is 1.43. The molecule has 0 spiro atoms. The number of nitrogens with zero attached hydrogens (tertiary/aromatic N) is 2. The van der Waals surface area contributed by atoms with Gasteiger partial charge in [0.2, 0.25) is 0 Å². The van der Waals surface area contributed by atoms with Gasteiger partial charge >= 0.3 is 0 Å². The van der Waals surface area contributed by atoms with E-state index in [1.165, 1.54) is 17.7 Å². The Kier molecular flexibility index (Phi) is 6.73. The molecule has 3 aromatic carbocycles. The van der Waals surface area contributed by atoms with Crippen molar-refractivity contribution in [2.45, 2.75) is 51.1 Å². The van der Waals surface area contributed by atoms with Crippen LogP contribution in [0.2, 0.25) is 0 Å². The number of guanidine groups is 1. The molecule has 1 aliphatic carbocycles. The van der Waals surface area contributed by atoms with Crippen LogP contribution >= 0.6 is 0 Å². The van der Waals surface area contributed by atoms with E-state index in [4.69, 9.17) is 10.7 Å². The number of amides is 1. The first-order valence-electron chi connectivity index (χ1n) is 12.9. The van der Waals surface area contributed by atoms with Gasteiger partial charge in [0.05, 0.1) is 6.54 Å². The van der Waals surface area contributed by atoms with Crippen molar-refractivity contribution in [1.82, 2.24) is 4.90 Å². The summed E-state index contributed by atoms with van der Waals surface area (Å²) < 4.78 is 0. The van der Waals surface area contributed by atoms with E-state index in [0.29, 0.717) is 11.5 Å². The topological polar surface area (TPSA) is 75.8 Å². The molecule has 36 heavy (non-hydrogen) atoms. The summed E-state index contributed by atoms with van der Waals surface area (Å²) in [5.74, 6) is 0.852. The third kappa shape index (κ3) is 4.46. The molecule has 5 heteroatoms. The fraction of sp³-hybridized carbons (Fsp3) is 0.323. The van der Waals surface area contributed by atoms with Crippen LogP contribution in [0.1, 0.15) is 66.1 Å². The highest BCUT2D eigenvalue weighted by atomic mass is 16.2. The maximum atomic E-state index is 14.0. The predicted molar refractivity (Wildman–Crippen MR) is 142 cm³/mol. The highest BCUT2D eigenvalue weighted by molar-refractivity contribution is 6.09. The average Bonchev–Trinajstić information content (AvgIpc) is 3.03. The van der Waals surface area contributed by atoms with Crippen LogP contribution in [-0.2, 0) is 16.9 Å². The van der Waals surface area contributed by atoms with Gasteiger partial charge in [0.15, 0.2) is 17.3 Å². The summed E-state index contributed by atoms with van der Waals surface area (Å²) in [6.07, 6.45) is 5.41. The molecule has 1 amide bonds. The van der Waals surface area contributed by atoms with E-state index in [0.717, 1.165) is 36.0 Å². The summed E-state index contributed by atoms with van der Waals surface area (Å²) in [6, 6.07) is 26.8. The molecule has 1 saturated carbocycles. The highest BCUT2D eigenvalue weighted by Crippen LogP contribution is 2.40. The van der Waals surface area contributed by atoms with Crippen LogP contribution in [0.3, 0.4) is 0 Å². The SMILES string of the molecule is CC1CCCCC(C(=O)c2cccc(CN3C(=O)C(c4ccccc4)(c4ccccc4)N=C3N)c2)C1. The van der Waals surface area contributed by atoms with Gasteiger partial charge in [-0.1, -0.05) is 105 Å². The molecule has 1 aliphatic heterocycles. The summed E-state index contributed by atoms with van der Waals surface area (Å²) in [6.45, 7) is 2.51. The Morgan fingerprint density at radius 3 is 2.25 bits per heavy atom. The van der Waals surface area contributed by atoms with Crippen LogP contribution in [-0.4, -0.2) is 22.5 Å². The second kappa shape index (κ2) is 10.1. The van der Waals surface area contributed by atoms with Crippen molar-refractivity contribution in [2.24, 2.45) is 22.6 Å². The van der Waals surface area contributed by atoms with Crippen LogP contribution in [0, 0.1) is 11.8 Å². The van der Waals surface area contributed by atoms with Crippen molar-refractivity contribution in [2.75, 3.05) is 0 Å². The third-order valence-corrected chi connectivity index (χ3v) is 7.61. The average molecular weight is 480 g/mol. The zero-order valence-corrected chi connectivity index (χ0v) is 20.8. The molecule has 3 aromatic rings. The van der Waals surface area contributed by atoms with Crippen LogP contribution in [0.25, 0.3) is 0 Å². The molecule has 0 bridgehead atoms. The summed E-state index contributed by atoms with van der Waals surface area (Å²) in [7, 11) is 0. The summed E-state index contributed by atoms with van der Waals surface area (Å²) in [5, 5.41) is 0. The minimum Gasteiger partial charge on any atom is -0.369 e. The van der Waals surface area contributed by atoms with E-state index in [9.17, 15) is 9.59 Å². The number of aliphatic imine (C=N–C) groups is 1. The van der Waals surface area contributed by atoms with Crippen LogP contribution in [0.4, 0.5) is 0 Å². The Labute approximate surface area is 213 Å². The number of nitrogens with two attached hydrogens (primary N) is 1. The summed E-state index contributed by atoms with van der Waals surface area (Å²) in [4.78, 5) is 33.7. The standard InChI is InChI=1S/C31H33N3O2/c1-22-11-8-9-13-24(19-22)28(35)25-14-10-12-23(20-25)21-34-29(36)31(33-30(34)32,26-15-4-2-5-16-26)27-17-6-3-7-18-27/h2-7,10,12,14-18,20,22,24H,8-9,11,13,19,21H2,1H3,(H2,32,33). The molecule has 0 radical (unpaired) electrons. The lowest BCUT2D eigenvalue weighted by Crippen LogP contribution is -2.43. The minimum absolute atomic E-state index is 0.0709. The lowest BCUT2D eigenvalue weighted by atomic mass is 9.83. The number of hydrogen-bond donors (Lipinski definition) is 1. The van der Waals surface area contributed by atoms with E-state index < -0.39 is 5.54 Å². The van der Waals surface area contributed by atoms with E-state index in [2.05, 4.69) is 6.92 Å². The van der Waals surface area contributed by atoms with Gasteiger partial charge < -0.3 is 5.73 Å². The largest absolute Gasteiger partial charge is 0.369 e. The molecule has 5 rings (SSSR count). The van der Waals surface area contributed by atoms with Crippen LogP contribution < -0.4 is 5.73 Å². The van der Waals surface area contributed by atoms with Crippen molar-refractivity contribution in [3.8, 4) is 0 Å². The molecule has 5 nitrogen and oxygen atoms in total. The molecule has 0 saturated heterocycles. The number of Topliss-reactive ketones (excluding diaryl/α,β-unsaturated/α-hetero) is 1. The maximum absolute atomic E-state index is 14.0. The second-order valence-electron chi connectivity index (χ2n) is 10.2. The Morgan fingerprint density at radius 1 is 0.944 bits per heavy atom. The number of carbonyl (C=O) groups is 2. The zero-order chi connectivity index (χ0) is 25.1. The van der Waals surface area contributed by atoms with Crippen molar-refractivity contribution < 1.29 is 9.59 Å². The summed E-state index contributed by atoms with van der Waals surface area (Å²) in [5.41, 5.74) is 8.31. The Morgan fingerprint density at radius 2 is 1.58 bits per heavy atom. The van der Waals surface area contributed by atoms with Crippen molar-refractivity contribution in [3.63, 3.8) is 0 Å². The molecule has 2 unspecified atom stereocenters. The van der Waals surface area contributed by atoms with Gasteiger partial charge in [-0.2, -0.15) is 0 Å². The fourth-order valence-corrected chi connectivity index (χ4v) is 5.72. The number of carbonyl (C=O) groups excluding carboxylic acids is 2.